The molecule has 0 unspecified atom stereocenters. The van der Waals surface area contributed by atoms with E-state index in [9.17, 15) is 8.42 Å². The lowest BCUT2D eigenvalue weighted by molar-refractivity contribution is 0.577. The minimum atomic E-state index is -3.61. The summed E-state index contributed by atoms with van der Waals surface area (Å²) in [6, 6.07) is 9.42. The van der Waals surface area contributed by atoms with E-state index in [1.165, 1.54) is 0 Å². The van der Waals surface area contributed by atoms with Crippen LogP contribution in [0, 0.1) is 6.92 Å². The molecule has 0 spiro atoms. The largest absolute Gasteiger partial charge is 0.345 e. The Hall–Kier alpha value is -2.11. The van der Waals surface area contributed by atoms with Gasteiger partial charge >= 0.3 is 0 Å². The fourth-order valence-corrected chi connectivity index (χ4v) is 3.56. The molecule has 0 aliphatic heterocycles. The fourth-order valence-electron chi connectivity index (χ4n) is 2.29. The van der Waals surface area contributed by atoms with Gasteiger partial charge in [-0.2, -0.15) is 0 Å². The number of hydrogen-bond acceptors (Lipinski definition) is 2. The van der Waals surface area contributed by atoms with Crippen LogP contribution in [-0.2, 0) is 16.6 Å². The van der Waals surface area contributed by atoms with E-state index in [0.717, 1.165) is 17.2 Å². The molecule has 2 aromatic rings. The zero-order valence-electron chi connectivity index (χ0n) is 13.5. The van der Waals surface area contributed by atoms with Crippen LogP contribution < -0.4 is 15.3 Å². The lowest BCUT2D eigenvalue weighted by Crippen LogP contribution is -2.24. The molecule has 0 saturated heterocycles. The van der Waals surface area contributed by atoms with Crippen molar-refractivity contribution < 1.29 is 8.42 Å². The third kappa shape index (κ3) is 4.21. The van der Waals surface area contributed by atoms with Crippen LogP contribution in [0.2, 0.25) is 0 Å². The fraction of sp³-hybridized carbons (Fsp3) is 0.222. The first-order chi connectivity index (χ1) is 11.0. The maximum absolute atomic E-state index is 12.5. The predicted molar refractivity (Wildman–Crippen MR) is 94.7 cm³/mol. The van der Waals surface area contributed by atoms with Crippen molar-refractivity contribution in [2.75, 3.05) is 0 Å². The summed E-state index contributed by atoms with van der Waals surface area (Å²) in [6.07, 6.45) is 6.73. The van der Waals surface area contributed by atoms with Crippen molar-refractivity contribution in [2.24, 2.45) is 0 Å². The van der Waals surface area contributed by atoms with Gasteiger partial charge in [-0.3, -0.25) is 0 Å². The van der Waals surface area contributed by atoms with E-state index in [2.05, 4.69) is 16.3 Å². The highest BCUT2D eigenvalue weighted by Gasteiger charge is 2.19. The highest BCUT2D eigenvalue weighted by atomic mass is 32.2. The second-order valence-corrected chi connectivity index (χ2v) is 6.99. The Morgan fingerprint density at radius 3 is 2.61 bits per heavy atom. The quantitative estimate of drug-likeness (QED) is 0.850. The van der Waals surface area contributed by atoms with E-state index in [0.29, 0.717) is 10.9 Å². The molecule has 0 saturated carbocycles. The Labute approximate surface area is 137 Å². The molecular weight excluding hydrogens is 308 g/mol. The first-order valence-corrected chi connectivity index (χ1v) is 9.02. The van der Waals surface area contributed by atoms with Crippen LogP contribution in [0.25, 0.3) is 12.7 Å². The van der Waals surface area contributed by atoms with Gasteiger partial charge in [0.15, 0.2) is 5.03 Å². The summed E-state index contributed by atoms with van der Waals surface area (Å²) in [6.45, 7) is 7.98. The molecule has 0 aliphatic carbocycles. The van der Waals surface area contributed by atoms with Crippen LogP contribution in [0.3, 0.4) is 0 Å². The molecule has 2 rings (SSSR count). The van der Waals surface area contributed by atoms with Crippen LogP contribution in [-0.4, -0.2) is 13.4 Å². The van der Waals surface area contributed by atoms with Crippen molar-refractivity contribution >= 4 is 22.7 Å². The summed E-state index contributed by atoms with van der Waals surface area (Å²) < 4.78 is 27.7. The van der Waals surface area contributed by atoms with E-state index in [1.807, 2.05) is 55.5 Å². The third-order valence-electron chi connectivity index (χ3n) is 3.55. The zero-order chi connectivity index (χ0) is 16.9. The minimum absolute atomic E-state index is 0.176. The zero-order valence-corrected chi connectivity index (χ0v) is 14.3. The SMILES string of the molecule is C=c1[nH]c(S(=O)(=O)NCc2ccccc2)c(C)c1=CC=CCC. The number of hydrogen-bond donors (Lipinski definition) is 2. The van der Waals surface area contributed by atoms with Crippen molar-refractivity contribution in [3.63, 3.8) is 0 Å². The van der Waals surface area contributed by atoms with Gasteiger partial charge in [-0.05, 0) is 24.5 Å². The minimum Gasteiger partial charge on any atom is -0.345 e. The van der Waals surface area contributed by atoms with Crippen LogP contribution >= 0.6 is 0 Å². The third-order valence-corrected chi connectivity index (χ3v) is 5.02. The molecule has 5 heteroatoms. The van der Waals surface area contributed by atoms with Crippen molar-refractivity contribution in [3.8, 4) is 0 Å². The number of aromatic nitrogens is 1. The van der Waals surface area contributed by atoms with Gasteiger partial charge < -0.3 is 4.98 Å². The molecule has 23 heavy (non-hydrogen) atoms. The van der Waals surface area contributed by atoms with Gasteiger partial charge in [0.1, 0.15) is 0 Å². The number of rotatable bonds is 6. The summed E-state index contributed by atoms with van der Waals surface area (Å²) in [5.74, 6) is 0. The molecule has 2 N–H and O–H groups in total. The molecule has 0 aliphatic rings. The summed E-state index contributed by atoms with van der Waals surface area (Å²) in [5, 5.41) is 1.59. The molecule has 0 bridgehead atoms. The van der Waals surface area contributed by atoms with Gasteiger partial charge in [-0.1, -0.05) is 62.1 Å². The van der Waals surface area contributed by atoms with Gasteiger partial charge in [0.25, 0.3) is 10.0 Å². The Balaban J connectivity index is 2.30. The van der Waals surface area contributed by atoms with Crippen LogP contribution in [0.5, 0.6) is 0 Å². The second-order valence-electron chi connectivity index (χ2n) is 5.28. The first kappa shape index (κ1) is 17.2. The van der Waals surface area contributed by atoms with E-state index in [1.54, 1.807) is 6.92 Å². The van der Waals surface area contributed by atoms with Gasteiger partial charge in [-0.25, -0.2) is 13.1 Å². The molecule has 122 valence electrons. The van der Waals surface area contributed by atoms with Gasteiger partial charge in [0, 0.05) is 17.1 Å². The van der Waals surface area contributed by atoms with Crippen LogP contribution in [0.15, 0.2) is 47.5 Å². The molecule has 0 amide bonds. The lowest BCUT2D eigenvalue weighted by atomic mass is 10.2. The van der Waals surface area contributed by atoms with Gasteiger partial charge in [-0.15, -0.1) is 0 Å². The van der Waals surface area contributed by atoms with E-state index in [4.69, 9.17) is 0 Å². The van der Waals surface area contributed by atoms with E-state index < -0.39 is 10.0 Å². The summed E-state index contributed by atoms with van der Waals surface area (Å²) in [4.78, 5) is 2.89. The van der Waals surface area contributed by atoms with E-state index in [-0.39, 0.29) is 11.6 Å². The number of sulfonamides is 1. The van der Waals surface area contributed by atoms with E-state index >= 15 is 0 Å². The van der Waals surface area contributed by atoms with Crippen LogP contribution in [0.1, 0.15) is 24.5 Å². The lowest BCUT2D eigenvalue weighted by Gasteiger charge is -2.06. The van der Waals surface area contributed by atoms with Gasteiger partial charge in [0.05, 0.1) is 0 Å². The standard InChI is InChI=1S/C18H22N2O2S/c1-4-5-7-12-17-14(2)18(20-15(17)3)23(21,22)19-13-16-10-8-6-9-11-16/h5-12,19-20H,3-4,13H2,1-2H3. The Morgan fingerprint density at radius 1 is 1.26 bits per heavy atom. The summed E-state index contributed by atoms with van der Waals surface area (Å²) in [7, 11) is -3.61. The molecule has 0 radical (unpaired) electrons. The summed E-state index contributed by atoms with van der Waals surface area (Å²) in [5.41, 5.74) is 1.59. The average molecular weight is 330 g/mol. The highest BCUT2D eigenvalue weighted by Crippen LogP contribution is 2.08. The number of nitrogens with one attached hydrogen (secondary N) is 2. The topological polar surface area (TPSA) is 62.0 Å². The molecule has 1 aromatic heterocycles. The first-order valence-electron chi connectivity index (χ1n) is 7.53. The molecule has 0 atom stereocenters. The maximum atomic E-state index is 12.5. The van der Waals surface area contributed by atoms with Crippen molar-refractivity contribution in [2.45, 2.75) is 31.8 Å². The monoisotopic (exact) mass is 330 g/mol. The van der Waals surface area contributed by atoms with Crippen molar-refractivity contribution in [1.29, 1.82) is 0 Å². The summed E-state index contributed by atoms with van der Waals surface area (Å²) >= 11 is 0. The van der Waals surface area contributed by atoms with Gasteiger partial charge in [0.2, 0.25) is 0 Å². The number of benzene rings is 1. The number of aromatic amines is 1. The van der Waals surface area contributed by atoms with Crippen LogP contribution in [0.4, 0.5) is 0 Å². The highest BCUT2D eigenvalue weighted by molar-refractivity contribution is 7.89. The number of H-pyrrole nitrogens is 1. The molecule has 4 nitrogen and oxygen atoms in total. The Kier molecular flexibility index (Phi) is 5.58. The second kappa shape index (κ2) is 7.44. The average Bonchev–Trinajstić information content (AvgIpc) is 2.83. The normalized spacial score (nSPS) is 13.0. The smallest absolute Gasteiger partial charge is 0.256 e. The predicted octanol–water partition coefficient (Wildman–Crippen LogP) is 1.96. The van der Waals surface area contributed by atoms with Crippen molar-refractivity contribution in [1.82, 2.24) is 9.71 Å². The van der Waals surface area contributed by atoms with Crippen molar-refractivity contribution in [3.05, 3.63) is 64.2 Å². The Bertz CT molecular complexity index is 894. The maximum Gasteiger partial charge on any atom is 0.256 e. The number of allylic oxidation sites excluding steroid dienone is 2. The molecular formula is C18H22N2O2S. The Morgan fingerprint density at radius 2 is 1.96 bits per heavy atom. The molecule has 0 fully saturated rings. The molecule has 1 heterocycles. The molecule has 1 aromatic carbocycles.